The molecule has 1 aliphatic heterocycles. The predicted molar refractivity (Wildman–Crippen MR) is 215 cm³/mol. The van der Waals surface area contributed by atoms with Gasteiger partial charge < -0.3 is 34.1 Å². The molecule has 1 amide bonds. The van der Waals surface area contributed by atoms with Gasteiger partial charge >= 0.3 is 23.9 Å². The third-order valence-corrected chi connectivity index (χ3v) is 12.9. The van der Waals surface area contributed by atoms with Gasteiger partial charge in [-0.05, 0) is 61.7 Å². The summed E-state index contributed by atoms with van der Waals surface area (Å²) in [5.74, 6) is -6.62. The average Bonchev–Trinajstić information content (AvgIpc) is 3.50. The number of alkyl halides is 1. The first kappa shape index (κ1) is 43.1. The standard InChI is InChI=1S/C47H48FNO12/c1-25(2)46-23-32(59-44(56)37(52)36(29-16-10-7-11-17-29)49-42(54)30-18-12-8-13-19-30)26(3)35(46)38(58-27(4)50)40(53)45(6)33(48)22-34-47(24-57-34,61-28(5)51)39(45)41(46)60-43(55)31-20-14-9-15-21-31/h7-21,32-34,36-39,41,52H,1,22-24H2,2-6H3,(H,49,54)/t32-,33+,34+,36-,37+,38+,39-,41-,45+,46-,47-/m0/s1. The number of Topliss-reactive ketones (excluding diaryl/α,β-unsaturated/α-hetero) is 1. The number of fused-ring (bicyclic) bond motifs is 4. The smallest absolute Gasteiger partial charge is 0.338 e. The number of benzene rings is 3. The summed E-state index contributed by atoms with van der Waals surface area (Å²) in [5.41, 5.74) is -4.32. The highest BCUT2D eigenvalue weighted by Crippen LogP contribution is 2.67. The molecule has 11 atom stereocenters. The molecule has 13 nitrogen and oxygen atoms in total. The SMILES string of the molecule is C=C(C)[C@@]12C[C@H](OC(=O)[C@H](O)[C@@H](NC(=O)c3ccccc3)c3ccccc3)C(C)=C1[C@@H](OC(C)=O)C(=O)[C@]1(C)[C@H](F)C[C@H]3OC[C@@]3(OC(C)=O)[C@H]1[C@@H]2OC(=O)c1ccccc1. The van der Waals surface area contributed by atoms with Crippen molar-refractivity contribution in [1.29, 1.82) is 0 Å². The first-order valence-corrected chi connectivity index (χ1v) is 20.1. The molecule has 1 saturated heterocycles. The van der Waals surface area contributed by atoms with E-state index >= 15 is 9.18 Å². The molecule has 0 unspecified atom stereocenters. The number of ether oxygens (including phenoxy) is 5. The fourth-order valence-corrected chi connectivity index (χ4v) is 10.00. The van der Waals surface area contributed by atoms with E-state index in [9.17, 15) is 29.1 Å². The summed E-state index contributed by atoms with van der Waals surface area (Å²) in [6, 6.07) is 23.2. The van der Waals surface area contributed by atoms with Crippen molar-refractivity contribution in [2.24, 2.45) is 16.7 Å². The highest BCUT2D eigenvalue weighted by Gasteiger charge is 2.78. The number of amides is 1. The quantitative estimate of drug-likeness (QED) is 0.141. The van der Waals surface area contributed by atoms with E-state index in [0.29, 0.717) is 5.56 Å². The van der Waals surface area contributed by atoms with Gasteiger partial charge in [0.2, 0.25) is 0 Å². The highest BCUT2D eigenvalue weighted by atomic mass is 19.1. The summed E-state index contributed by atoms with van der Waals surface area (Å²) >= 11 is 0. The van der Waals surface area contributed by atoms with Crippen molar-refractivity contribution in [3.8, 4) is 0 Å². The Morgan fingerprint density at radius 2 is 1.46 bits per heavy atom. The zero-order valence-electron chi connectivity index (χ0n) is 34.4. The van der Waals surface area contributed by atoms with Crippen LogP contribution in [0.1, 0.15) is 79.8 Å². The zero-order chi connectivity index (χ0) is 44.0. The molecule has 0 radical (unpaired) electrons. The van der Waals surface area contributed by atoms with Crippen molar-refractivity contribution in [3.05, 3.63) is 131 Å². The van der Waals surface area contributed by atoms with Crippen molar-refractivity contribution < 1.29 is 61.9 Å². The molecule has 14 heteroatoms. The minimum absolute atomic E-state index is 0.0490. The number of hydrogen-bond acceptors (Lipinski definition) is 12. The van der Waals surface area contributed by atoms with Gasteiger partial charge in [0.25, 0.3) is 5.91 Å². The molecule has 2 saturated carbocycles. The number of carbonyl (C=O) groups excluding carboxylic acids is 6. The molecule has 61 heavy (non-hydrogen) atoms. The Balaban J connectivity index is 1.37. The molecule has 3 aromatic rings. The summed E-state index contributed by atoms with van der Waals surface area (Å²) in [7, 11) is 0. The van der Waals surface area contributed by atoms with E-state index in [1.54, 1.807) is 85.8 Å². The van der Waals surface area contributed by atoms with Gasteiger partial charge in [0.15, 0.2) is 23.6 Å². The summed E-state index contributed by atoms with van der Waals surface area (Å²) in [4.78, 5) is 83.2. The fourth-order valence-electron chi connectivity index (χ4n) is 10.00. The number of ketones is 1. The molecule has 0 aromatic heterocycles. The van der Waals surface area contributed by atoms with Gasteiger partial charge in [-0.15, -0.1) is 0 Å². The molecule has 7 rings (SSSR count). The van der Waals surface area contributed by atoms with Crippen LogP contribution in [-0.4, -0.2) is 89.6 Å². The minimum Gasteiger partial charge on any atom is -0.457 e. The Kier molecular flexibility index (Phi) is 11.6. The minimum atomic E-state index is -2.13. The van der Waals surface area contributed by atoms with Gasteiger partial charge in [-0.3, -0.25) is 19.2 Å². The number of aliphatic hydroxyl groups excluding tert-OH is 1. The molecular weight excluding hydrogens is 790 g/mol. The number of nitrogens with one attached hydrogen (secondary N) is 1. The monoisotopic (exact) mass is 837 g/mol. The number of aliphatic hydroxyl groups is 1. The van der Waals surface area contributed by atoms with Crippen LogP contribution in [0.25, 0.3) is 0 Å². The first-order valence-electron chi connectivity index (χ1n) is 20.1. The molecule has 3 aromatic carbocycles. The fraction of sp³-hybridized carbons (Fsp3) is 0.404. The van der Waals surface area contributed by atoms with Crippen molar-refractivity contribution >= 4 is 35.6 Å². The number of esters is 4. The second kappa shape index (κ2) is 16.5. The van der Waals surface area contributed by atoms with Gasteiger partial charge in [-0.2, -0.15) is 0 Å². The number of hydrogen-bond donors (Lipinski definition) is 2. The van der Waals surface area contributed by atoms with Gasteiger partial charge in [0.1, 0.15) is 24.5 Å². The molecule has 3 aliphatic carbocycles. The van der Waals surface area contributed by atoms with Crippen molar-refractivity contribution in [1.82, 2.24) is 5.32 Å². The summed E-state index contributed by atoms with van der Waals surface area (Å²) in [6.07, 6.45) is -10.4. The Morgan fingerprint density at radius 3 is 2.00 bits per heavy atom. The van der Waals surface area contributed by atoms with Crippen LogP contribution >= 0.6 is 0 Å². The second-order valence-electron chi connectivity index (χ2n) is 16.5. The van der Waals surface area contributed by atoms with Crippen LogP contribution in [0.15, 0.2) is 114 Å². The maximum Gasteiger partial charge on any atom is 0.338 e. The van der Waals surface area contributed by atoms with Gasteiger partial charge in [0, 0.05) is 32.3 Å². The first-order chi connectivity index (χ1) is 29.0. The lowest BCUT2D eigenvalue weighted by Crippen LogP contribution is -2.77. The Hall–Kier alpha value is -5.99. The molecule has 4 aliphatic rings. The average molecular weight is 838 g/mol. The van der Waals surface area contributed by atoms with E-state index in [0.717, 1.165) is 6.92 Å². The van der Waals surface area contributed by atoms with E-state index in [4.69, 9.17) is 23.7 Å². The van der Waals surface area contributed by atoms with E-state index < -0.39 is 101 Å². The number of halogens is 1. The molecule has 2 N–H and O–H groups in total. The van der Waals surface area contributed by atoms with E-state index in [2.05, 4.69) is 11.9 Å². The zero-order valence-corrected chi connectivity index (χ0v) is 34.4. The van der Waals surface area contributed by atoms with Crippen molar-refractivity contribution in [2.45, 2.75) is 95.8 Å². The second-order valence-corrected chi connectivity index (χ2v) is 16.5. The summed E-state index contributed by atoms with van der Waals surface area (Å²) in [5, 5.41) is 14.5. The molecule has 3 fully saturated rings. The summed E-state index contributed by atoms with van der Waals surface area (Å²) < 4.78 is 47.5. The Morgan fingerprint density at radius 1 is 0.869 bits per heavy atom. The largest absolute Gasteiger partial charge is 0.457 e. The van der Waals surface area contributed by atoms with Gasteiger partial charge in [0.05, 0.1) is 35.0 Å². The third kappa shape index (κ3) is 7.24. The Labute approximate surface area is 352 Å². The molecule has 0 spiro atoms. The van der Waals surface area contributed by atoms with Crippen LogP contribution in [0, 0.1) is 16.7 Å². The van der Waals surface area contributed by atoms with Crippen LogP contribution in [0.4, 0.5) is 4.39 Å². The molecule has 320 valence electrons. The number of carbonyl (C=O) groups is 6. The van der Waals surface area contributed by atoms with Gasteiger partial charge in [-0.25, -0.2) is 14.0 Å². The van der Waals surface area contributed by atoms with E-state index in [1.807, 2.05) is 0 Å². The third-order valence-electron chi connectivity index (χ3n) is 12.9. The Bertz CT molecular complexity index is 2280. The van der Waals surface area contributed by atoms with Crippen molar-refractivity contribution in [2.75, 3.05) is 6.61 Å². The molecular formula is C47H48FNO12. The maximum absolute atomic E-state index is 17.1. The van der Waals surface area contributed by atoms with E-state index in [-0.39, 0.29) is 47.3 Å². The van der Waals surface area contributed by atoms with Crippen LogP contribution in [0.2, 0.25) is 0 Å². The highest BCUT2D eigenvalue weighted by molar-refractivity contribution is 5.97. The van der Waals surface area contributed by atoms with Crippen LogP contribution in [-0.2, 0) is 42.9 Å². The van der Waals surface area contributed by atoms with Crippen LogP contribution in [0.3, 0.4) is 0 Å². The maximum atomic E-state index is 17.1. The summed E-state index contributed by atoms with van der Waals surface area (Å²) in [6.45, 7) is 10.8. The van der Waals surface area contributed by atoms with Crippen molar-refractivity contribution in [3.63, 3.8) is 0 Å². The topological polar surface area (TPSA) is 181 Å². The molecule has 1 heterocycles. The van der Waals surface area contributed by atoms with Gasteiger partial charge in [-0.1, -0.05) is 78.9 Å². The van der Waals surface area contributed by atoms with Crippen LogP contribution < -0.4 is 5.32 Å². The predicted octanol–water partition coefficient (Wildman–Crippen LogP) is 5.52. The normalized spacial score (nSPS) is 31.0. The lowest BCUT2D eigenvalue weighted by molar-refractivity contribution is -0.327. The molecule has 0 bridgehead atoms. The lowest BCUT2D eigenvalue weighted by atomic mass is 9.51. The number of rotatable bonds is 11. The lowest BCUT2D eigenvalue weighted by Gasteiger charge is -2.63. The van der Waals surface area contributed by atoms with Crippen LogP contribution in [0.5, 0.6) is 0 Å². The van der Waals surface area contributed by atoms with E-state index in [1.165, 1.54) is 32.9 Å².